The molecule has 0 aliphatic carbocycles. The first kappa shape index (κ1) is 13.7. The maximum absolute atomic E-state index is 12.1. The van der Waals surface area contributed by atoms with Crippen LogP contribution in [0.1, 0.15) is 16.1 Å². The second-order valence-electron chi connectivity index (χ2n) is 4.17. The maximum atomic E-state index is 12.1. The van der Waals surface area contributed by atoms with Crippen LogP contribution >= 0.6 is 0 Å². The molecule has 0 bridgehead atoms. The molecular weight excluding hydrogens is 264 g/mol. The number of nitrogens with zero attached hydrogens (tertiary/aromatic N) is 3. The number of amides is 1. The average molecular weight is 278 g/mol. The molecule has 0 radical (unpaired) electrons. The third-order valence-electron chi connectivity index (χ3n) is 2.73. The molecule has 20 heavy (non-hydrogen) atoms. The number of ether oxygens (including phenoxy) is 1. The summed E-state index contributed by atoms with van der Waals surface area (Å²) in [5.74, 6) is -0.0814. The van der Waals surface area contributed by atoms with Gasteiger partial charge >= 0.3 is 0 Å². The van der Waals surface area contributed by atoms with Gasteiger partial charge in [-0.3, -0.25) is 4.79 Å². The minimum atomic E-state index is -0.407. The largest absolute Gasteiger partial charge is 0.504 e. The van der Waals surface area contributed by atoms with E-state index in [1.807, 2.05) is 0 Å². The van der Waals surface area contributed by atoms with E-state index < -0.39 is 5.91 Å². The van der Waals surface area contributed by atoms with E-state index in [-0.39, 0.29) is 17.3 Å². The number of aromatic nitrogens is 2. The van der Waals surface area contributed by atoms with E-state index in [4.69, 9.17) is 10.5 Å². The van der Waals surface area contributed by atoms with E-state index in [1.165, 1.54) is 18.1 Å². The number of methoxy groups -OCH3 is 1. The van der Waals surface area contributed by atoms with Crippen molar-refractivity contribution in [1.82, 2.24) is 15.2 Å². The molecule has 106 valence electrons. The summed E-state index contributed by atoms with van der Waals surface area (Å²) in [6.07, 6.45) is 0. The number of rotatable bonds is 4. The molecule has 1 heterocycles. The predicted octanol–water partition coefficient (Wildman–Crippen LogP) is 0.638. The summed E-state index contributed by atoms with van der Waals surface area (Å²) in [5.41, 5.74) is 6.22. The van der Waals surface area contributed by atoms with Gasteiger partial charge in [-0.05, 0) is 28.0 Å². The van der Waals surface area contributed by atoms with Crippen molar-refractivity contribution in [1.29, 1.82) is 0 Å². The van der Waals surface area contributed by atoms with E-state index in [2.05, 4.69) is 14.9 Å². The highest BCUT2D eigenvalue weighted by atomic mass is 16.6. The standard InChI is InChI=1S/C12H14N4O4/c1-16(12(18)10-11(13)15-20-14-10)6-7-3-4-8(17)9(5-7)19-2/h3-5,17H,6H2,1-2H3,(H2,13,15). The third-order valence-corrected chi connectivity index (χ3v) is 2.73. The van der Waals surface area contributed by atoms with Crippen molar-refractivity contribution in [3.05, 3.63) is 29.5 Å². The fourth-order valence-corrected chi connectivity index (χ4v) is 1.69. The minimum Gasteiger partial charge on any atom is -0.504 e. The van der Waals surface area contributed by atoms with Crippen LogP contribution in [0.25, 0.3) is 0 Å². The Labute approximate surface area is 114 Å². The van der Waals surface area contributed by atoms with Crippen molar-refractivity contribution >= 4 is 11.7 Å². The first-order chi connectivity index (χ1) is 9.52. The fourth-order valence-electron chi connectivity index (χ4n) is 1.69. The highest BCUT2D eigenvalue weighted by Gasteiger charge is 2.20. The van der Waals surface area contributed by atoms with Crippen LogP contribution in [0.3, 0.4) is 0 Å². The van der Waals surface area contributed by atoms with Gasteiger partial charge in [0, 0.05) is 13.6 Å². The second kappa shape index (κ2) is 5.47. The van der Waals surface area contributed by atoms with Crippen LogP contribution in [0.4, 0.5) is 5.82 Å². The summed E-state index contributed by atoms with van der Waals surface area (Å²) in [7, 11) is 3.05. The summed E-state index contributed by atoms with van der Waals surface area (Å²) in [4.78, 5) is 13.5. The molecule has 1 aromatic heterocycles. The van der Waals surface area contributed by atoms with Crippen LogP contribution in [0.15, 0.2) is 22.8 Å². The van der Waals surface area contributed by atoms with Crippen LogP contribution in [0, 0.1) is 0 Å². The molecule has 2 aromatic rings. The first-order valence-electron chi connectivity index (χ1n) is 5.72. The van der Waals surface area contributed by atoms with Gasteiger partial charge in [-0.2, -0.15) is 0 Å². The number of anilines is 1. The van der Waals surface area contributed by atoms with Crippen molar-refractivity contribution in [2.45, 2.75) is 6.54 Å². The van der Waals surface area contributed by atoms with Crippen molar-refractivity contribution in [3.8, 4) is 11.5 Å². The summed E-state index contributed by atoms with van der Waals surface area (Å²) >= 11 is 0. The van der Waals surface area contributed by atoms with Gasteiger partial charge < -0.3 is 20.5 Å². The smallest absolute Gasteiger partial charge is 0.280 e. The quantitative estimate of drug-likeness (QED) is 0.843. The summed E-state index contributed by atoms with van der Waals surface area (Å²) in [5, 5.41) is 16.3. The first-order valence-corrected chi connectivity index (χ1v) is 5.72. The summed E-state index contributed by atoms with van der Waals surface area (Å²) in [6, 6.07) is 4.83. The minimum absolute atomic E-state index is 0.0294. The molecule has 1 aromatic carbocycles. The van der Waals surface area contributed by atoms with E-state index in [9.17, 15) is 9.90 Å². The van der Waals surface area contributed by atoms with Crippen LogP contribution in [-0.2, 0) is 6.54 Å². The van der Waals surface area contributed by atoms with E-state index in [0.717, 1.165) is 5.56 Å². The van der Waals surface area contributed by atoms with E-state index in [1.54, 1.807) is 19.2 Å². The number of carbonyl (C=O) groups excluding carboxylic acids is 1. The highest BCUT2D eigenvalue weighted by Crippen LogP contribution is 2.26. The van der Waals surface area contributed by atoms with E-state index in [0.29, 0.717) is 12.3 Å². The Morgan fingerprint density at radius 3 is 2.85 bits per heavy atom. The SMILES string of the molecule is COc1cc(CN(C)C(=O)c2nonc2N)ccc1O. The lowest BCUT2D eigenvalue weighted by Gasteiger charge is -2.16. The van der Waals surface area contributed by atoms with Gasteiger partial charge in [0.15, 0.2) is 11.5 Å². The van der Waals surface area contributed by atoms with Gasteiger partial charge in [-0.25, -0.2) is 4.63 Å². The summed E-state index contributed by atoms with van der Waals surface area (Å²) in [6.45, 7) is 0.293. The molecule has 0 saturated carbocycles. The Hall–Kier alpha value is -2.77. The highest BCUT2D eigenvalue weighted by molar-refractivity contribution is 5.95. The van der Waals surface area contributed by atoms with Gasteiger partial charge in [0.05, 0.1) is 7.11 Å². The molecule has 8 heteroatoms. The normalized spacial score (nSPS) is 10.3. The van der Waals surface area contributed by atoms with Crippen LogP contribution < -0.4 is 10.5 Å². The van der Waals surface area contributed by atoms with E-state index >= 15 is 0 Å². The van der Waals surface area contributed by atoms with Crippen LogP contribution in [0.5, 0.6) is 11.5 Å². The molecule has 0 saturated heterocycles. The van der Waals surface area contributed by atoms with Gasteiger partial charge in [-0.15, -0.1) is 0 Å². The van der Waals surface area contributed by atoms with Gasteiger partial charge in [0.2, 0.25) is 11.5 Å². The fraction of sp³-hybridized carbons (Fsp3) is 0.250. The second-order valence-corrected chi connectivity index (χ2v) is 4.17. The summed E-state index contributed by atoms with van der Waals surface area (Å²) < 4.78 is 9.40. The third kappa shape index (κ3) is 2.63. The molecule has 0 fully saturated rings. The Kier molecular flexibility index (Phi) is 3.74. The molecule has 3 N–H and O–H groups in total. The molecule has 0 aliphatic heterocycles. The molecule has 0 unspecified atom stereocenters. The number of hydrogen-bond acceptors (Lipinski definition) is 7. The number of aromatic hydroxyl groups is 1. The maximum Gasteiger partial charge on any atom is 0.280 e. The zero-order valence-corrected chi connectivity index (χ0v) is 11.0. The lowest BCUT2D eigenvalue weighted by molar-refractivity contribution is 0.0774. The van der Waals surface area contributed by atoms with Crippen LogP contribution in [0.2, 0.25) is 0 Å². The van der Waals surface area contributed by atoms with Crippen LogP contribution in [-0.4, -0.2) is 40.4 Å². The number of nitrogens with two attached hydrogens (primary N) is 1. The van der Waals surface area contributed by atoms with Crippen molar-refractivity contribution < 1.29 is 19.3 Å². The van der Waals surface area contributed by atoms with Crippen molar-refractivity contribution in [2.24, 2.45) is 0 Å². The average Bonchev–Trinajstić information content (AvgIpc) is 2.86. The lowest BCUT2D eigenvalue weighted by Crippen LogP contribution is -2.27. The number of phenols is 1. The Morgan fingerprint density at radius 2 is 2.25 bits per heavy atom. The Balaban J connectivity index is 2.14. The Morgan fingerprint density at radius 1 is 1.50 bits per heavy atom. The topological polar surface area (TPSA) is 115 Å². The van der Waals surface area contributed by atoms with Gasteiger partial charge in [-0.1, -0.05) is 6.07 Å². The number of phenolic OH excluding ortho intramolecular Hbond substituents is 1. The molecule has 1 amide bonds. The molecule has 0 spiro atoms. The van der Waals surface area contributed by atoms with Gasteiger partial charge in [0.1, 0.15) is 0 Å². The predicted molar refractivity (Wildman–Crippen MR) is 69.2 cm³/mol. The number of nitrogen functional groups attached to an aromatic ring is 1. The lowest BCUT2D eigenvalue weighted by atomic mass is 10.2. The molecular formula is C12H14N4O4. The Bertz CT molecular complexity index is 626. The molecule has 8 nitrogen and oxygen atoms in total. The zero-order chi connectivity index (χ0) is 14.7. The molecule has 0 aliphatic rings. The van der Waals surface area contributed by atoms with Crippen molar-refractivity contribution in [3.63, 3.8) is 0 Å². The monoisotopic (exact) mass is 278 g/mol. The number of benzene rings is 1. The van der Waals surface area contributed by atoms with Crippen molar-refractivity contribution in [2.75, 3.05) is 19.9 Å². The number of hydrogen-bond donors (Lipinski definition) is 2. The molecule has 0 atom stereocenters. The molecule has 2 rings (SSSR count). The number of carbonyl (C=O) groups is 1. The zero-order valence-electron chi connectivity index (χ0n) is 11.0. The van der Waals surface area contributed by atoms with Gasteiger partial charge in [0.25, 0.3) is 5.91 Å².